The fraction of sp³-hybridized carbons (Fsp3) is 0.529. The topological polar surface area (TPSA) is 55.4 Å². The Hall–Kier alpha value is -3.28. The largest absolute Gasteiger partial charge is 0.494 e. The predicted molar refractivity (Wildman–Crippen MR) is 160 cm³/mol. The number of allylic oxidation sites excluding steroid dienone is 2. The van der Waals surface area contributed by atoms with E-state index in [9.17, 15) is 0 Å². The lowest BCUT2D eigenvalue weighted by Crippen LogP contribution is -2.06. The van der Waals surface area contributed by atoms with E-state index < -0.39 is 0 Å². The van der Waals surface area contributed by atoms with Crippen molar-refractivity contribution in [1.82, 2.24) is 0 Å². The molecule has 0 aliphatic heterocycles. The summed E-state index contributed by atoms with van der Waals surface area (Å²) in [5, 5.41) is 0. The maximum atomic E-state index is 6.24. The van der Waals surface area contributed by atoms with Gasteiger partial charge in [-0.1, -0.05) is 37.1 Å². The highest BCUT2D eigenvalue weighted by Crippen LogP contribution is 2.51. The van der Waals surface area contributed by atoms with E-state index in [2.05, 4.69) is 24.3 Å². The van der Waals surface area contributed by atoms with Crippen LogP contribution in [0.5, 0.6) is 11.5 Å². The molecular weight excluding hydrogens is 504 g/mol. The minimum absolute atomic E-state index is 0.151. The van der Waals surface area contributed by atoms with Crippen LogP contribution in [0.3, 0.4) is 0 Å². The van der Waals surface area contributed by atoms with Crippen LogP contribution in [0.2, 0.25) is 0 Å². The van der Waals surface area contributed by atoms with Crippen LogP contribution in [0.1, 0.15) is 101 Å². The Morgan fingerprint density at radius 3 is 1.20 bits per heavy atom. The molecule has 2 aliphatic carbocycles. The Balaban J connectivity index is 1.56. The molecule has 0 N–H and O–H groups in total. The molecule has 0 aromatic heterocycles. The summed E-state index contributed by atoms with van der Waals surface area (Å²) >= 11 is 0. The summed E-state index contributed by atoms with van der Waals surface area (Å²) in [6, 6.07) is 12.6. The number of ether oxygens (including phenoxy) is 6. The molecule has 2 unspecified atom stereocenters. The summed E-state index contributed by atoms with van der Waals surface area (Å²) in [6.45, 7) is 15.7. The minimum Gasteiger partial charge on any atom is -0.494 e. The molecular formula is C34H46O6. The second-order valence-corrected chi connectivity index (χ2v) is 9.82. The number of rotatable bonds is 17. The van der Waals surface area contributed by atoms with Gasteiger partial charge in [-0.3, -0.25) is 0 Å². The van der Waals surface area contributed by atoms with Gasteiger partial charge in [-0.05, 0) is 77.6 Å². The molecule has 0 fully saturated rings. The molecule has 2 aliphatic rings. The van der Waals surface area contributed by atoms with Crippen LogP contribution >= 0.6 is 0 Å². The molecule has 0 heterocycles. The standard InChI is InChI=1S/C34H46O6/c1-7-35-27-21-15-19-23-25(31(37-9-3)33(29(23)27)39-11-5)17-13-14-18-26-24-20-16-22-28(36-8-2)30(24)34(40-12-6)32(26)38-10-4/h15-16,19-22,25-26H,7-14,17-18H2,1-6H3. The van der Waals surface area contributed by atoms with Crippen molar-refractivity contribution in [1.29, 1.82) is 0 Å². The first-order valence-corrected chi connectivity index (χ1v) is 15.2. The fourth-order valence-corrected chi connectivity index (χ4v) is 6.05. The normalized spacial score (nSPS) is 17.6. The Morgan fingerprint density at radius 2 is 0.850 bits per heavy atom. The molecule has 0 spiro atoms. The molecule has 6 heteroatoms. The van der Waals surface area contributed by atoms with Crippen molar-refractivity contribution in [3.63, 3.8) is 0 Å². The van der Waals surface area contributed by atoms with Crippen LogP contribution in [0, 0.1) is 0 Å². The Bertz CT molecular complexity index is 1100. The van der Waals surface area contributed by atoms with E-state index in [-0.39, 0.29) is 11.8 Å². The SMILES string of the molecule is CCOC1=C(OCC)C(CCCCC2C(OCC)=C(OCC)c3c(OCC)cccc32)c2cccc(OCC)c21. The van der Waals surface area contributed by atoms with Gasteiger partial charge in [0.25, 0.3) is 0 Å². The lowest BCUT2D eigenvalue weighted by Gasteiger charge is -2.19. The Labute approximate surface area is 240 Å². The summed E-state index contributed by atoms with van der Waals surface area (Å²) in [6.07, 6.45) is 4.02. The van der Waals surface area contributed by atoms with Crippen molar-refractivity contribution in [3.05, 3.63) is 70.2 Å². The van der Waals surface area contributed by atoms with Gasteiger partial charge in [0.15, 0.2) is 11.5 Å². The molecule has 2 aromatic carbocycles. The van der Waals surface area contributed by atoms with Gasteiger partial charge in [0.1, 0.15) is 23.0 Å². The van der Waals surface area contributed by atoms with Crippen LogP contribution in [-0.2, 0) is 18.9 Å². The van der Waals surface area contributed by atoms with E-state index in [0.29, 0.717) is 39.6 Å². The van der Waals surface area contributed by atoms with Crippen molar-refractivity contribution in [2.75, 3.05) is 39.6 Å². The number of hydrogen-bond acceptors (Lipinski definition) is 6. The molecule has 0 bridgehead atoms. The molecule has 0 amide bonds. The van der Waals surface area contributed by atoms with Gasteiger partial charge in [0, 0.05) is 11.8 Å². The minimum atomic E-state index is 0.151. The zero-order valence-corrected chi connectivity index (χ0v) is 25.1. The van der Waals surface area contributed by atoms with Crippen molar-refractivity contribution in [3.8, 4) is 11.5 Å². The zero-order valence-electron chi connectivity index (χ0n) is 25.1. The fourth-order valence-electron chi connectivity index (χ4n) is 6.05. The number of fused-ring (bicyclic) bond motifs is 2. The van der Waals surface area contributed by atoms with E-state index in [1.54, 1.807) is 0 Å². The monoisotopic (exact) mass is 550 g/mol. The van der Waals surface area contributed by atoms with E-state index in [4.69, 9.17) is 28.4 Å². The summed E-state index contributed by atoms with van der Waals surface area (Å²) < 4.78 is 36.8. The summed E-state index contributed by atoms with van der Waals surface area (Å²) in [5.41, 5.74) is 4.57. The molecule has 4 rings (SSSR count). The first kappa shape index (κ1) is 29.7. The maximum absolute atomic E-state index is 6.24. The number of benzene rings is 2. The van der Waals surface area contributed by atoms with Gasteiger partial charge in [0.2, 0.25) is 0 Å². The summed E-state index contributed by atoms with van der Waals surface area (Å²) in [5.74, 6) is 5.59. The predicted octanol–water partition coefficient (Wildman–Crippen LogP) is 8.42. The third-order valence-electron chi connectivity index (χ3n) is 7.41. The molecule has 2 atom stereocenters. The number of hydrogen-bond donors (Lipinski definition) is 0. The van der Waals surface area contributed by atoms with Crippen molar-refractivity contribution in [2.24, 2.45) is 0 Å². The van der Waals surface area contributed by atoms with Gasteiger partial charge < -0.3 is 28.4 Å². The second-order valence-electron chi connectivity index (χ2n) is 9.82. The molecule has 0 radical (unpaired) electrons. The maximum Gasteiger partial charge on any atom is 0.168 e. The molecule has 0 saturated carbocycles. The summed E-state index contributed by atoms with van der Waals surface area (Å²) in [4.78, 5) is 0. The second kappa shape index (κ2) is 14.4. The molecule has 40 heavy (non-hydrogen) atoms. The van der Waals surface area contributed by atoms with E-state index in [0.717, 1.165) is 71.3 Å². The number of unbranched alkanes of at least 4 members (excludes halogenated alkanes) is 1. The smallest absolute Gasteiger partial charge is 0.168 e. The lowest BCUT2D eigenvalue weighted by molar-refractivity contribution is 0.187. The van der Waals surface area contributed by atoms with Crippen molar-refractivity contribution < 1.29 is 28.4 Å². The molecule has 6 nitrogen and oxygen atoms in total. The average molecular weight is 551 g/mol. The third-order valence-corrected chi connectivity index (χ3v) is 7.41. The summed E-state index contributed by atoms with van der Waals surface area (Å²) in [7, 11) is 0. The Morgan fingerprint density at radius 1 is 0.475 bits per heavy atom. The van der Waals surface area contributed by atoms with Crippen LogP contribution in [-0.4, -0.2) is 39.6 Å². The van der Waals surface area contributed by atoms with Gasteiger partial charge in [-0.25, -0.2) is 0 Å². The van der Waals surface area contributed by atoms with Crippen LogP contribution in [0.25, 0.3) is 11.5 Å². The van der Waals surface area contributed by atoms with Crippen LogP contribution in [0.15, 0.2) is 47.9 Å². The van der Waals surface area contributed by atoms with E-state index in [1.165, 1.54) is 11.1 Å². The van der Waals surface area contributed by atoms with Crippen LogP contribution < -0.4 is 9.47 Å². The van der Waals surface area contributed by atoms with E-state index in [1.807, 2.05) is 53.7 Å². The zero-order chi connectivity index (χ0) is 28.5. The lowest BCUT2D eigenvalue weighted by atomic mass is 9.90. The van der Waals surface area contributed by atoms with Crippen molar-refractivity contribution >= 4 is 11.5 Å². The molecule has 0 saturated heterocycles. The van der Waals surface area contributed by atoms with Crippen LogP contribution in [0.4, 0.5) is 0 Å². The highest BCUT2D eigenvalue weighted by Gasteiger charge is 2.38. The Kier molecular flexibility index (Phi) is 10.7. The average Bonchev–Trinajstić information content (AvgIpc) is 3.41. The molecule has 218 valence electrons. The first-order valence-electron chi connectivity index (χ1n) is 15.2. The third kappa shape index (κ3) is 5.91. The van der Waals surface area contributed by atoms with Gasteiger partial charge in [-0.15, -0.1) is 0 Å². The highest BCUT2D eigenvalue weighted by atomic mass is 16.5. The molecule has 2 aromatic rings. The van der Waals surface area contributed by atoms with Gasteiger partial charge in [-0.2, -0.15) is 0 Å². The van der Waals surface area contributed by atoms with E-state index >= 15 is 0 Å². The highest BCUT2D eigenvalue weighted by molar-refractivity contribution is 5.78. The van der Waals surface area contributed by atoms with Gasteiger partial charge in [0.05, 0.1) is 50.8 Å². The first-order chi connectivity index (χ1) is 19.6. The quantitative estimate of drug-likeness (QED) is 0.184. The van der Waals surface area contributed by atoms with Gasteiger partial charge >= 0.3 is 0 Å². The van der Waals surface area contributed by atoms with Crippen molar-refractivity contribution in [2.45, 2.75) is 79.1 Å².